The fourth-order valence-corrected chi connectivity index (χ4v) is 10.6. The Hall–Kier alpha value is -5.08. The number of carbonyl (C=O) groups is 2. The second-order valence-corrected chi connectivity index (χ2v) is 18.7. The van der Waals surface area contributed by atoms with Crippen LogP contribution in [0.5, 0.6) is 0 Å². The van der Waals surface area contributed by atoms with Crippen LogP contribution in [0.25, 0.3) is 21.0 Å². The van der Waals surface area contributed by atoms with Crippen molar-refractivity contribution in [3.05, 3.63) is 119 Å². The summed E-state index contributed by atoms with van der Waals surface area (Å²) < 4.78 is 65.9. The molecule has 6 heterocycles. The number of aromatic amines is 1. The van der Waals surface area contributed by atoms with E-state index in [1.807, 2.05) is 12.1 Å². The van der Waals surface area contributed by atoms with Gasteiger partial charge in [0, 0.05) is 80.1 Å². The highest BCUT2D eigenvalue weighted by Crippen LogP contribution is 2.26. The summed E-state index contributed by atoms with van der Waals surface area (Å²) in [6.07, 6.45) is 7.78. The van der Waals surface area contributed by atoms with E-state index >= 15 is 0 Å². The predicted molar refractivity (Wildman–Crippen MR) is 215 cm³/mol. The molecule has 15 nitrogen and oxygen atoms in total. The van der Waals surface area contributed by atoms with Crippen LogP contribution in [0.1, 0.15) is 50.5 Å². The summed E-state index contributed by atoms with van der Waals surface area (Å²) in [6, 6.07) is 19.0. The Morgan fingerprint density at radius 3 is 2.09 bits per heavy atom. The zero-order valence-electron chi connectivity index (χ0n) is 30.5. The first-order valence-electron chi connectivity index (χ1n) is 18.4. The molecule has 18 heteroatoms. The quantitative estimate of drug-likeness (QED) is 0.0996. The summed E-state index contributed by atoms with van der Waals surface area (Å²) in [5.41, 5.74) is 2.71. The molecule has 6 aromatic rings. The number of rotatable bonds is 13. The Kier molecular flexibility index (Phi) is 11.2. The number of sulfonamides is 2. The minimum absolute atomic E-state index is 0.111. The number of fused-ring (bicyclic) bond motifs is 2. The maximum Gasteiger partial charge on any atom is 0.267 e. The smallest absolute Gasteiger partial charge is 0.267 e. The normalized spacial score (nSPS) is 20.1. The van der Waals surface area contributed by atoms with Crippen LogP contribution in [0, 0.1) is 0 Å². The second-order valence-electron chi connectivity index (χ2n) is 14.1. The van der Waals surface area contributed by atoms with Crippen LogP contribution in [-0.2, 0) is 37.9 Å². The molecule has 8 rings (SSSR count). The average Bonchev–Trinajstić information content (AvgIpc) is 3.98. The molecule has 0 bridgehead atoms. The molecule has 0 aliphatic carbocycles. The van der Waals surface area contributed by atoms with Gasteiger partial charge in [0.25, 0.3) is 11.8 Å². The van der Waals surface area contributed by atoms with Crippen LogP contribution in [0.15, 0.2) is 107 Å². The van der Waals surface area contributed by atoms with E-state index in [1.54, 1.807) is 61.2 Å². The van der Waals surface area contributed by atoms with Gasteiger partial charge in [-0.05, 0) is 84.3 Å². The zero-order chi connectivity index (χ0) is 39.6. The summed E-state index contributed by atoms with van der Waals surface area (Å²) in [4.78, 5) is 37.4. The lowest BCUT2D eigenvalue weighted by Gasteiger charge is -2.33. The SMILES string of the molecule is O=C(NCc1ccc(S(=O)(=O)NC2CCOC(C3CC(NS(=O)(=O)c4ccc(CNC(=O)c5cc6ccncc6s5)cc4)CN3)C2)cc1)c1cc2cnccc2[nH]1. The fraction of sp³-hybridized carbons (Fsp3) is 0.282. The van der Waals surface area contributed by atoms with Crippen molar-refractivity contribution < 1.29 is 31.2 Å². The third kappa shape index (κ3) is 9.07. The summed E-state index contributed by atoms with van der Waals surface area (Å²) in [7, 11) is -7.68. The molecule has 2 aliphatic rings. The van der Waals surface area contributed by atoms with Crippen molar-refractivity contribution in [2.24, 2.45) is 0 Å². The molecular weight excluding hydrogens is 789 g/mol. The Labute approximate surface area is 333 Å². The van der Waals surface area contributed by atoms with Gasteiger partial charge in [-0.15, -0.1) is 11.3 Å². The van der Waals surface area contributed by atoms with Crippen LogP contribution in [0.4, 0.5) is 0 Å². The maximum absolute atomic E-state index is 13.4. The van der Waals surface area contributed by atoms with Crippen molar-refractivity contribution >= 4 is 64.2 Å². The van der Waals surface area contributed by atoms with Gasteiger partial charge in [-0.25, -0.2) is 26.3 Å². The molecule has 4 atom stereocenters. The molecule has 0 saturated carbocycles. The van der Waals surface area contributed by atoms with Gasteiger partial charge in [-0.3, -0.25) is 19.6 Å². The van der Waals surface area contributed by atoms with Crippen molar-refractivity contribution in [2.45, 2.75) is 66.4 Å². The largest absolute Gasteiger partial charge is 0.376 e. The lowest BCUT2D eigenvalue weighted by molar-refractivity contribution is -0.0135. The number of hydrogen-bond acceptors (Lipinski definition) is 11. The van der Waals surface area contributed by atoms with Crippen LogP contribution < -0.4 is 25.4 Å². The number of benzene rings is 2. The number of nitrogens with zero attached hydrogens (tertiary/aromatic N) is 2. The lowest BCUT2D eigenvalue weighted by Crippen LogP contribution is -2.47. The van der Waals surface area contributed by atoms with Gasteiger partial charge in [0.15, 0.2) is 0 Å². The molecule has 6 N–H and O–H groups in total. The summed E-state index contributed by atoms with van der Waals surface area (Å²) in [5.74, 6) is -0.498. The molecule has 2 saturated heterocycles. The number of H-pyrrole nitrogens is 1. The Morgan fingerprint density at radius 1 is 0.754 bits per heavy atom. The van der Waals surface area contributed by atoms with E-state index in [1.165, 1.54) is 35.6 Å². The molecule has 4 unspecified atom stereocenters. The Bertz CT molecular complexity index is 2570. The molecule has 0 spiro atoms. The van der Waals surface area contributed by atoms with Crippen molar-refractivity contribution in [2.75, 3.05) is 13.2 Å². The number of amides is 2. The number of carbonyl (C=O) groups excluding carboxylic acids is 2. The van der Waals surface area contributed by atoms with Crippen molar-refractivity contribution in [1.82, 2.24) is 40.3 Å². The molecule has 57 heavy (non-hydrogen) atoms. The van der Waals surface area contributed by atoms with Crippen LogP contribution in [-0.4, -0.2) is 81.0 Å². The van der Waals surface area contributed by atoms with Gasteiger partial charge in [0.05, 0.1) is 25.5 Å². The number of pyridine rings is 2. The topological polar surface area (TPSA) is 213 Å². The molecule has 2 amide bonds. The molecule has 296 valence electrons. The van der Waals surface area contributed by atoms with Gasteiger partial charge in [-0.2, -0.15) is 0 Å². The average molecular weight is 829 g/mol. The molecule has 4 aromatic heterocycles. The zero-order valence-corrected chi connectivity index (χ0v) is 32.9. The molecule has 2 fully saturated rings. The van der Waals surface area contributed by atoms with E-state index in [2.05, 4.69) is 40.3 Å². The summed E-state index contributed by atoms with van der Waals surface area (Å²) in [5, 5.41) is 10.9. The van der Waals surface area contributed by atoms with E-state index in [0.717, 1.165) is 32.1 Å². The van der Waals surface area contributed by atoms with Gasteiger partial charge in [0.1, 0.15) is 5.69 Å². The minimum atomic E-state index is -3.85. The fourth-order valence-electron chi connectivity index (χ4n) is 7.14. The predicted octanol–water partition coefficient (Wildman–Crippen LogP) is 3.57. The van der Waals surface area contributed by atoms with E-state index < -0.39 is 20.0 Å². The maximum atomic E-state index is 13.4. The number of ether oxygens (including phenoxy) is 1. The highest BCUT2D eigenvalue weighted by atomic mass is 32.2. The molecule has 0 radical (unpaired) electrons. The molecular formula is C39H40N8O7S3. The number of hydrogen-bond donors (Lipinski definition) is 6. The highest BCUT2D eigenvalue weighted by Gasteiger charge is 2.37. The van der Waals surface area contributed by atoms with Crippen molar-refractivity contribution in [3.8, 4) is 0 Å². The minimum Gasteiger partial charge on any atom is -0.376 e. The Morgan fingerprint density at radius 2 is 1.40 bits per heavy atom. The third-order valence-electron chi connectivity index (χ3n) is 10.2. The first-order valence-corrected chi connectivity index (χ1v) is 22.2. The van der Waals surface area contributed by atoms with Gasteiger partial charge < -0.3 is 25.7 Å². The molecule has 2 aliphatic heterocycles. The Balaban J connectivity index is 0.794. The van der Waals surface area contributed by atoms with E-state index in [4.69, 9.17) is 4.74 Å². The number of aromatic nitrogens is 3. The third-order valence-corrected chi connectivity index (χ3v) is 14.3. The summed E-state index contributed by atoms with van der Waals surface area (Å²) >= 11 is 1.36. The first kappa shape index (κ1) is 38.8. The van der Waals surface area contributed by atoms with E-state index in [9.17, 15) is 26.4 Å². The molecule has 2 aromatic carbocycles. The van der Waals surface area contributed by atoms with Gasteiger partial charge >= 0.3 is 0 Å². The number of thiophene rings is 1. The summed E-state index contributed by atoms with van der Waals surface area (Å²) in [6.45, 7) is 1.20. The lowest BCUT2D eigenvalue weighted by atomic mass is 9.97. The van der Waals surface area contributed by atoms with Gasteiger partial charge in [-0.1, -0.05) is 24.3 Å². The van der Waals surface area contributed by atoms with E-state index in [0.29, 0.717) is 43.0 Å². The van der Waals surface area contributed by atoms with E-state index in [-0.39, 0.29) is 58.9 Å². The van der Waals surface area contributed by atoms with Crippen LogP contribution in [0.2, 0.25) is 0 Å². The van der Waals surface area contributed by atoms with Crippen LogP contribution >= 0.6 is 11.3 Å². The van der Waals surface area contributed by atoms with Crippen molar-refractivity contribution in [1.29, 1.82) is 0 Å². The van der Waals surface area contributed by atoms with Crippen molar-refractivity contribution in [3.63, 3.8) is 0 Å². The standard InChI is InChI=1S/C39H40N8O7S3/c48-38(34-15-27-21-40-13-10-32(27)45-34)43-19-24-1-5-30(6-2-24)56(50,51)46-28-11-14-54-35(18-28)33-17-29(22-42-33)47-57(52,53)31-7-3-25(4-8-31)20-44-39(49)36-16-26-9-12-41-23-37(26)55-36/h1-10,12-13,15-16,21,23,28-29,33,35,42,45-47H,11,14,17-20,22H2,(H,43,48)(H,44,49). The second kappa shape index (κ2) is 16.4. The monoisotopic (exact) mass is 828 g/mol. The number of nitrogens with one attached hydrogen (secondary N) is 6. The highest BCUT2D eigenvalue weighted by molar-refractivity contribution is 7.89. The first-order chi connectivity index (χ1) is 27.5. The van der Waals surface area contributed by atoms with Gasteiger partial charge in [0.2, 0.25) is 20.0 Å². The van der Waals surface area contributed by atoms with Crippen LogP contribution in [0.3, 0.4) is 0 Å².